The number of aliphatic hydroxyl groups is 1. The molecule has 3 aromatic carbocycles. The molecule has 32 heavy (non-hydrogen) atoms. The van der Waals surface area contributed by atoms with Crippen LogP contribution in [0.25, 0.3) is 0 Å². The molecule has 0 aromatic heterocycles. The van der Waals surface area contributed by atoms with E-state index in [1.807, 2.05) is 30.3 Å². The number of rotatable bonds is 7. The van der Waals surface area contributed by atoms with Crippen molar-refractivity contribution < 1.29 is 23.1 Å². The van der Waals surface area contributed by atoms with Gasteiger partial charge < -0.3 is 15.2 Å². The Balaban J connectivity index is 1.35. The number of carbonyl (C=O) groups is 1. The Morgan fingerprint density at radius 3 is 2.22 bits per heavy atom. The minimum absolute atomic E-state index is 0.00239. The van der Waals surface area contributed by atoms with E-state index in [-0.39, 0.29) is 23.9 Å². The number of ether oxygens (including phenoxy) is 1. The number of nitrogens with zero attached hydrogens (tertiary/aromatic N) is 1. The van der Waals surface area contributed by atoms with E-state index in [9.17, 15) is 18.3 Å². The van der Waals surface area contributed by atoms with Crippen molar-refractivity contribution in [3.05, 3.63) is 96.1 Å². The monoisotopic (exact) mass is 452 g/mol. The molecule has 0 saturated carbocycles. The minimum atomic E-state index is -3.73. The average molecular weight is 453 g/mol. The maximum atomic E-state index is 12.8. The lowest BCUT2D eigenvalue weighted by atomic mass is 10.1. The Labute approximate surface area is 187 Å². The average Bonchev–Trinajstić information content (AvgIpc) is 3.20. The van der Waals surface area contributed by atoms with Gasteiger partial charge >= 0.3 is 0 Å². The predicted octanol–water partition coefficient (Wildman–Crippen LogP) is 2.43. The lowest BCUT2D eigenvalue weighted by molar-refractivity contribution is 0.0888. The smallest absolute Gasteiger partial charge is 0.251 e. The maximum absolute atomic E-state index is 12.8. The van der Waals surface area contributed by atoms with Gasteiger partial charge in [0.1, 0.15) is 12.4 Å². The van der Waals surface area contributed by atoms with Crippen molar-refractivity contribution in [3.63, 3.8) is 0 Å². The van der Waals surface area contributed by atoms with Crippen molar-refractivity contribution in [3.8, 4) is 5.75 Å². The summed E-state index contributed by atoms with van der Waals surface area (Å²) in [7, 11) is -3.73. The molecule has 3 aromatic rings. The highest BCUT2D eigenvalue weighted by molar-refractivity contribution is 7.89. The second-order valence-corrected chi connectivity index (χ2v) is 9.52. The van der Waals surface area contributed by atoms with Crippen molar-refractivity contribution in [2.24, 2.45) is 0 Å². The zero-order chi connectivity index (χ0) is 22.6. The molecule has 166 valence electrons. The Bertz CT molecular complexity index is 1150. The Morgan fingerprint density at radius 1 is 0.938 bits per heavy atom. The number of benzene rings is 3. The number of hydrogen-bond acceptors (Lipinski definition) is 5. The molecule has 1 heterocycles. The minimum Gasteiger partial charge on any atom is -0.489 e. The number of nitrogens with one attached hydrogen (secondary N) is 1. The lowest BCUT2D eigenvalue weighted by Crippen LogP contribution is -2.43. The van der Waals surface area contributed by atoms with E-state index in [4.69, 9.17) is 4.74 Å². The van der Waals surface area contributed by atoms with Crippen LogP contribution < -0.4 is 10.1 Å². The first-order chi connectivity index (χ1) is 15.4. The van der Waals surface area contributed by atoms with Crippen LogP contribution in [-0.4, -0.2) is 49.0 Å². The largest absolute Gasteiger partial charge is 0.489 e. The molecule has 0 aliphatic carbocycles. The van der Waals surface area contributed by atoms with E-state index in [0.717, 1.165) is 5.56 Å². The Hall–Kier alpha value is -3.20. The highest BCUT2D eigenvalue weighted by atomic mass is 32.2. The molecule has 1 amide bonds. The second-order valence-electron chi connectivity index (χ2n) is 7.58. The third-order valence-corrected chi connectivity index (χ3v) is 7.16. The van der Waals surface area contributed by atoms with Crippen molar-refractivity contribution in [1.82, 2.24) is 9.62 Å². The molecule has 0 radical (unpaired) electrons. The third kappa shape index (κ3) is 4.99. The van der Waals surface area contributed by atoms with Gasteiger partial charge in [-0.1, -0.05) is 48.5 Å². The number of amides is 1. The van der Waals surface area contributed by atoms with Gasteiger partial charge in [-0.2, -0.15) is 4.31 Å². The normalized spacial score (nSPS) is 18.9. The van der Waals surface area contributed by atoms with E-state index in [2.05, 4.69) is 5.32 Å². The zero-order valence-corrected chi connectivity index (χ0v) is 18.1. The van der Waals surface area contributed by atoms with Gasteiger partial charge in [0.25, 0.3) is 5.91 Å². The molecule has 0 bridgehead atoms. The topological polar surface area (TPSA) is 95.9 Å². The standard InChI is InChI=1S/C24H24N2O5S/c27-23-16-26(32(29,30)21-9-5-2-6-10-21)15-22(23)25-24(28)19-11-13-20(14-12-19)31-17-18-7-3-1-4-8-18/h1-14,22-23,27H,15-17H2,(H,25,28)/t22-,23-/m1/s1. The summed E-state index contributed by atoms with van der Waals surface area (Å²) in [4.78, 5) is 12.8. The van der Waals surface area contributed by atoms with Gasteiger partial charge in [-0.05, 0) is 42.0 Å². The van der Waals surface area contributed by atoms with Crippen molar-refractivity contribution in [2.45, 2.75) is 23.6 Å². The van der Waals surface area contributed by atoms with Crippen LogP contribution in [0.15, 0.2) is 89.8 Å². The molecular formula is C24H24N2O5S. The zero-order valence-electron chi connectivity index (χ0n) is 17.3. The number of carbonyl (C=O) groups excluding carboxylic acids is 1. The maximum Gasteiger partial charge on any atom is 0.251 e. The molecule has 0 unspecified atom stereocenters. The van der Waals surface area contributed by atoms with Crippen LogP contribution in [-0.2, 0) is 16.6 Å². The molecule has 0 spiro atoms. The summed E-state index contributed by atoms with van der Waals surface area (Å²) in [5, 5.41) is 13.1. The second kappa shape index (κ2) is 9.52. The molecule has 2 N–H and O–H groups in total. The first kappa shape index (κ1) is 22.0. The van der Waals surface area contributed by atoms with E-state index < -0.39 is 22.2 Å². The molecule has 1 aliphatic rings. The summed E-state index contributed by atoms with van der Waals surface area (Å²) < 4.78 is 32.5. The quantitative estimate of drug-likeness (QED) is 0.574. The van der Waals surface area contributed by atoms with Crippen LogP contribution in [0.2, 0.25) is 0 Å². The van der Waals surface area contributed by atoms with Crippen LogP contribution in [0, 0.1) is 0 Å². The molecular weight excluding hydrogens is 428 g/mol. The van der Waals surface area contributed by atoms with Gasteiger partial charge in [0.2, 0.25) is 10.0 Å². The molecule has 4 rings (SSSR count). The first-order valence-corrected chi connectivity index (χ1v) is 11.7. The fourth-order valence-corrected chi connectivity index (χ4v) is 5.03. The van der Waals surface area contributed by atoms with Crippen molar-refractivity contribution in [2.75, 3.05) is 13.1 Å². The third-order valence-electron chi connectivity index (χ3n) is 5.32. The summed E-state index contributed by atoms with van der Waals surface area (Å²) in [6.45, 7) is 0.350. The van der Waals surface area contributed by atoms with Crippen LogP contribution in [0.1, 0.15) is 15.9 Å². The van der Waals surface area contributed by atoms with Crippen LogP contribution >= 0.6 is 0 Å². The van der Waals surface area contributed by atoms with E-state index >= 15 is 0 Å². The molecule has 1 fully saturated rings. The van der Waals surface area contributed by atoms with E-state index in [1.165, 1.54) is 16.4 Å². The summed E-state index contributed by atoms with van der Waals surface area (Å²) in [5.41, 5.74) is 1.44. The summed E-state index contributed by atoms with van der Waals surface area (Å²) in [6, 6.07) is 23.8. The molecule has 1 saturated heterocycles. The van der Waals surface area contributed by atoms with Crippen molar-refractivity contribution >= 4 is 15.9 Å². The summed E-state index contributed by atoms with van der Waals surface area (Å²) in [6.07, 6.45) is -0.995. The van der Waals surface area contributed by atoms with Gasteiger partial charge in [-0.3, -0.25) is 4.79 Å². The predicted molar refractivity (Wildman–Crippen MR) is 120 cm³/mol. The highest BCUT2D eigenvalue weighted by Gasteiger charge is 2.39. The van der Waals surface area contributed by atoms with Gasteiger partial charge in [-0.25, -0.2) is 8.42 Å². The van der Waals surface area contributed by atoms with Crippen LogP contribution in [0.5, 0.6) is 5.75 Å². The summed E-state index contributed by atoms with van der Waals surface area (Å²) >= 11 is 0. The van der Waals surface area contributed by atoms with Crippen LogP contribution in [0.4, 0.5) is 0 Å². The van der Waals surface area contributed by atoms with E-state index in [1.54, 1.807) is 42.5 Å². The fourth-order valence-electron chi connectivity index (χ4n) is 3.53. The SMILES string of the molecule is O=C(N[C@@H]1CN(S(=O)(=O)c2ccccc2)C[C@H]1O)c1ccc(OCc2ccccc2)cc1. The number of aliphatic hydroxyl groups excluding tert-OH is 1. The molecule has 7 nitrogen and oxygen atoms in total. The Morgan fingerprint density at radius 2 is 1.56 bits per heavy atom. The van der Waals surface area contributed by atoms with E-state index in [0.29, 0.717) is 17.9 Å². The van der Waals surface area contributed by atoms with Crippen molar-refractivity contribution in [1.29, 1.82) is 0 Å². The fraction of sp³-hybridized carbons (Fsp3) is 0.208. The Kier molecular flexibility index (Phi) is 6.55. The number of hydrogen-bond donors (Lipinski definition) is 2. The number of sulfonamides is 1. The van der Waals surface area contributed by atoms with Gasteiger partial charge in [0.05, 0.1) is 17.0 Å². The van der Waals surface area contributed by atoms with Gasteiger partial charge in [0.15, 0.2) is 0 Å². The van der Waals surface area contributed by atoms with Gasteiger partial charge in [0, 0.05) is 18.7 Å². The van der Waals surface area contributed by atoms with Crippen LogP contribution in [0.3, 0.4) is 0 Å². The lowest BCUT2D eigenvalue weighted by Gasteiger charge is -2.17. The molecule has 2 atom stereocenters. The number of β-amino-alcohol motifs (C(OH)–C–C–N with tert-alkyl or cyclic N) is 1. The van der Waals surface area contributed by atoms with Gasteiger partial charge in [-0.15, -0.1) is 0 Å². The first-order valence-electron chi connectivity index (χ1n) is 10.2. The molecule has 1 aliphatic heterocycles. The highest BCUT2D eigenvalue weighted by Crippen LogP contribution is 2.22. The summed E-state index contributed by atoms with van der Waals surface area (Å²) in [5.74, 6) is 0.244. The molecule has 8 heteroatoms.